The molecule has 2 aromatic rings. The Morgan fingerprint density at radius 3 is 2.82 bits per heavy atom. The van der Waals surface area contributed by atoms with Crippen molar-refractivity contribution in [3.05, 3.63) is 50.3 Å². The molecule has 4 nitrogen and oxygen atoms in total. The quantitative estimate of drug-likeness (QED) is 0.800. The third-order valence-electron chi connectivity index (χ3n) is 4.23. The smallest absolute Gasteiger partial charge is 0.256 e. The zero-order chi connectivity index (χ0) is 15.3. The standard InChI is InChI=1S/C16H16BrN3OS/c1-20-7-6-11-12(8-20)22-16-13(11)15(21)18-14(19-16)9-2-4-10(17)5-3-9/h2-5,14,19H,6-8H2,1H3,(H,18,21)/t14-/m0/s1. The first-order valence-corrected chi connectivity index (χ1v) is 8.89. The van der Waals surface area contributed by atoms with Gasteiger partial charge in [0.15, 0.2) is 0 Å². The van der Waals surface area contributed by atoms with Gasteiger partial charge < -0.3 is 15.5 Å². The lowest BCUT2D eigenvalue weighted by molar-refractivity contribution is 0.0935. The Morgan fingerprint density at radius 1 is 1.27 bits per heavy atom. The van der Waals surface area contributed by atoms with Crippen LogP contribution in [0.4, 0.5) is 5.00 Å². The lowest BCUT2D eigenvalue weighted by atomic mass is 10.0. The van der Waals surface area contributed by atoms with Gasteiger partial charge in [0.05, 0.1) is 5.56 Å². The van der Waals surface area contributed by atoms with E-state index in [1.54, 1.807) is 11.3 Å². The molecule has 1 amide bonds. The average Bonchev–Trinajstić information content (AvgIpc) is 2.85. The molecule has 0 bridgehead atoms. The van der Waals surface area contributed by atoms with E-state index in [1.807, 2.05) is 24.3 Å². The fraction of sp³-hybridized carbons (Fsp3) is 0.312. The van der Waals surface area contributed by atoms with Crippen molar-refractivity contribution in [1.29, 1.82) is 0 Å². The van der Waals surface area contributed by atoms with Crippen LogP contribution >= 0.6 is 27.3 Å². The van der Waals surface area contributed by atoms with Gasteiger partial charge in [-0.3, -0.25) is 4.79 Å². The van der Waals surface area contributed by atoms with Gasteiger partial charge in [0.2, 0.25) is 0 Å². The van der Waals surface area contributed by atoms with Gasteiger partial charge >= 0.3 is 0 Å². The largest absolute Gasteiger partial charge is 0.353 e. The Morgan fingerprint density at radius 2 is 2.05 bits per heavy atom. The molecule has 22 heavy (non-hydrogen) atoms. The number of hydrogen-bond donors (Lipinski definition) is 2. The summed E-state index contributed by atoms with van der Waals surface area (Å²) in [6.45, 7) is 1.95. The number of amides is 1. The van der Waals surface area contributed by atoms with E-state index in [0.717, 1.165) is 40.1 Å². The van der Waals surface area contributed by atoms with Crippen molar-refractivity contribution in [3.8, 4) is 0 Å². The predicted octanol–water partition coefficient (Wildman–Crippen LogP) is 3.35. The van der Waals surface area contributed by atoms with Crippen LogP contribution in [-0.2, 0) is 13.0 Å². The SMILES string of the molecule is CN1CCc2c(sc3c2C(=O)N[C@H](c2ccc(Br)cc2)N3)C1. The highest BCUT2D eigenvalue weighted by Crippen LogP contribution is 2.40. The summed E-state index contributed by atoms with van der Waals surface area (Å²) in [5.41, 5.74) is 3.16. The molecule has 0 unspecified atom stereocenters. The topological polar surface area (TPSA) is 44.4 Å². The van der Waals surface area contributed by atoms with Crippen LogP contribution in [0.15, 0.2) is 28.7 Å². The van der Waals surface area contributed by atoms with Crippen molar-refractivity contribution in [1.82, 2.24) is 10.2 Å². The summed E-state index contributed by atoms with van der Waals surface area (Å²) in [5, 5.41) is 7.58. The molecule has 4 rings (SSSR count). The fourth-order valence-electron chi connectivity index (χ4n) is 3.07. The summed E-state index contributed by atoms with van der Waals surface area (Å²) >= 11 is 5.16. The zero-order valence-electron chi connectivity index (χ0n) is 12.1. The number of carbonyl (C=O) groups excluding carboxylic acids is 1. The number of thiophene rings is 1. The number of halogens is 1. The molecule has 2 aliphatic heterocycles. The average molecular weight is 378 g/mol. The number of carbonyl (C=O) groups is 1. The van der Waals surface area contributed by atoms with Crippen LogP contribution in [0.2, 0.25) is 0 Å². The van der Waals surface area contributed by atoms with Crippen molar-refractivity contribution in [2.75, 3.05) is 18.9 Å². The number of fused-ring (bicyclic) bond motifs is 3. The molecule has 6 heteroatoms. The highest BCUT2D eigenvalue weighted by Gasteiger charge is 2.32. The number of nitrogens with zero attached hydrogens (tertiary/aromatic N) is 1. The summed E-state index contributed by atoms with van der Waals surface area (Å²) in [6, 6.07) is 8.03. The number of anilines is 1. The van der Waals surface area contributed by atoms with Gasteiger partial charge in [0.25, 0.3) is 5.91 Å². The van der Waals surface area contributed by atoms with E-state index < -0.39 is 0 Å². The minimum Gasteiger partial charge on any atom is -0.353 e. The van der Waals surface area contributed by atoms with E-state index in [9.17, 15) is 4.79 Å². The number of nitrogens with one attached hydrogen (secondary N) is 2. The summed E-state index contributed by atoms with van der Waals surface area (Å²) in [7, 11) is 2.12. The molecular weight excluding hydrogens is 362 g/mol. The molecule has 0 saturated heterocycles. The second-order valence-electron chi connectivity index (χ2n) is 5.80. The molecule has 0 aliphatic carbocycles. The van der Waals surface area contributed by atoms with E-state index in [2.05, 4.69) is 38.5 Å². The molecule has 114 valence electrons. The van der Waals surface area contributed by atoms with Crippen molar-refractivity contribution >= 4 is 38.2 Å². The van der Waals surface area contributed by atoms with E-state index >= 15 is 0 Å². The minimum atomic E-state index is -0.161. The number of benzene rings is 1. The van der Waals surface area contributed by atoms with Gasteiger partial charge in [-0.1, -0.05) is 28.1 Å². The third-order valence-corrected chi connectivity index (χ3v) is 5.91. The van der Waals surface area contributed by atoms with Crippen molar-refractivity contribution < 1.29 is 4.79 Å². The Kier molecular flexibility index (Phi) is 3.47. The minimum absolute atomic E-state index is 0.0451. The van der Waals surface area contributed by atoms with Gasteiger partial charge in [0.1, 0.15) is 11.2 Å². The number of likely N-dealkylation sites (N-methyl/N-ethyl adjacent to an activating group) is 1. The zero-order valence-corrected chi connectivity index (χ0v) is 14.6. The molecule has 0 fully saturated rings. The maximum absolute atomic E-state index is 12.6. The van der Waals surface area contributed by atoms with E-state index in [-0.39, 0.29) is 12.1 Å². The molecule has 1 aromatic carbocycles. The van der Waals surface area contributed by atoms with Gasteiger partial charge in [-0.05, 0) is 36.7 Å². The van der Waals surface area contributed by atoms with E-state index in [1.165, 1.54) is 10.4 Å². The van der Waals surface area contributed by atoms with Crippen molar-refractivity contribution in [3.63, 3.8) is 0 Å². The lowest BCUT2D eigenvalue weighted by Gasteiger charge is -2.27. The molecule has 1 aromatic heterocycles. The molecule has 2 N–H and O–H groups in total. The van der Waals surface area contributed by atoms with Gasteiger partial charge in [-0.2, -0.15) is 0 Å². The molecule has 0 radical (unpaired) electrons. The fourth-order valence-corrected chi connectivity index (χ4v) is 4.68. The molecule has 0 saturated carbocycles. The predicted molar refractivity (Wildman–Crippen MR) is 92.3 cm³/mol. The van der Waals surface area contributed by atoms with Crippen LogP contribution in [0.3, 0.4) is 0 Å². The second kappa shape index (κ2) is 5.37. The van der Waals surface area contributed by atoms with Crippen LogP contribution in [0, 0.1) is 0 Å². The van der Waals surface area contributed by atoms with Gasteiger partial charge in [0, 0.05) is 22.4 Å². The van der Waals surface area contributed by atoms with Gasteiger partial charge in [-0.25, -0.2) is 0 Å². The summed E-state index contributed by atoms with van der Waals surface area (Å²) in [4.78, 5) is 16.2. The number of rotatable bonds is 1. The maximum Gasteiger partial charge on any atom is 0.256 e. The highest BCUT2D eigenvalue weighted by molar-refractivity contribution is 9.10. The number of hydrogen-bond acceptors (Lipinski definition) is 4. The van der Waals surface area contributed by atoms with E-state index in [4.69, 9.17) is 0 Å². The Labute approximate surface area is 141 Å². The van der Waals surface area contributed by atoms with Crippen LogP contribution in [0.25, 0.3) is 0 Å². The third kappa shape index (κ3) is 2.35. The Balaban J connectivity index is 1.69. The molecule has 2 aliphatic rings. The first kappa shape index (κ1) is 14.2. The van der Waals surface area contributed by atoms with E-state index in [0.29, 0.717) is 0 Å². The van der Waals surface area contributed by atoms with Crippen LogP contribution in [0.1, 0.15) is 32.5 Å². The van der Waals surface area contributed by atoms with Crippen LogP contribution in [-0.4, -0.2) is 24.4 Å². The molecule has 3 heterocycles. The van der Waals surface area contributed by atoms with Crippen LogP contribution in [0.5, 0.6) is 0 Å². The lowest BCUT2D eigenvalue weighted by Crippen LogP contribution is -2.38. The van der Waals surface area contributed by atoms with Crippen LogP contribution < -0.4 is 10.6 Å². The molecule has 0 spiro atoms. The first-order valence-electron chi connectivity index (χ1n) is 7.28. The summed E-state index contributed by atoms with van der Waals surface area (Å²) < 4.78 is 1.04. The maximum atomic E-state index is 12.6. The van der Waals surface area contributed by atoms with Gasteiger partial charge in [-0.15, -0.1) is 11.3 Å². The molecular formula is C16H16BrN3OS. The normalized spacial score (nSPS) is 20.8. The second-order valence-corrected chi connectivity index (χ2v) is 7.82. The molecule has 1 atom stereocenters. The van der Waals surface area contributed by atoms with Crippen molar-refractivity contribution in [2.45, 2.75) is 19.1 Å². The first-order chi connectivity index (χ1) is 10.6. The van der Waals surface area contributed by atoms with Crippen molar-refractivity contribution in [2.24, 2.45) is 0 Å². The Bertz CT molecular complexity index is 741. The summed E-state index contributed by atoms with van der Waals surface area (Å²) in [5.74, 6) is 0.0451. The highest BCUT2D eigenvalue weighted by atomic mass is 79.9. The summed E-state index contributed by atoms with van der Waals surface area (Å²) in [6.07, 6.45) is 0.793. The monoisotopic (exact) mass is 377 g/mol. The Hall–Kier alpha value is -1.37.